The van der Waals surface area contributed by atoms with E-state index in [9.17, 15) is 4.79 Å². The van der Waals surface area contributed by atoms with Gasteiger partial charge in [-0.3, -0.25) is 4.79 Å². The molecule has 0 amide bonds. The number of aryl methyl sites for hydroxylation is 1. The fraction of sp³-hybridized carbons (Fsp3) is 0.516. The highest BCUT2D eigenvalue weighted by Gasteiger charge is 2.68. The van der Waals surface area contributed by atoms with E-state index in [1.54, 1.807) is 0 Å². The van der Waals surface area contributed by atoms with Gasteiger partial charge in [0.1, 0.15) is 5.75 Å². The lowest BCUT2D eigenvalue weighted by atomic mass is 9.90. The molecule has 0 bridgehead atoms. The Labute approximate surface area is 216 Å². The van der Waals surface area contributed by atoms with Crippen LogP contribution in [0.25, 0.3) is 11.6 Å². The predicted octanol–water partition coefficient (Wildman–Crippen LogP) is 5.89. The summed E-state index contributed by atoms with van der Waals surface area (Å²) in [6.07, 6.45) is 9.57. The van der Waals surface area contributed by atoms with Crippen LogP contribution in [0.15, 0.2) is 48.5 Å². The molecule has 4 rings (SSSR count). The van der Waals surface area contributed by atoms with Gasteiger partial charge in [0.25, 0.3) is 0 Å². The van der Waals surface area contributed by atoms with Gasteiger partial charge in [0.05, 0.1) is 18.6 Å². The highest BCUT2D eigenvalue weighted by Crippen LogP contribution is 2.58. The molecule has 0 radical (unpaired) electrons. The third-order valence-electron chi connectivity index (χ3n) is 7.64. The van der Waals surface area contributed by atoms with E-state index in [4.69, 9.17) is 20.9 Å². The van der Waals surface area contributed by atoms with Crippen LogP contribution in [0.3, 0.4) is 0 Å². The van der Waals surface area contributed by atoms with Gasteiger partial charge in [0.2, 0.25) is 0 Å². The molecule has 2 aromatic carbocycles. The SMILES string of the molecule is CC(C)(N)CC1(N)CC1(C)C(=O)OCCCCCOc1ccc2c(c1)CCCC(c1ccccc1)=C2. The van der Waals surface area contributed by atoms with Crippen LogP contribution < -0.4 is 16.2 Å². The number of ether oxygens (including phenoxy) is 2. The number of carbonyl (C=O) groups excluding carboxylic acids is 1. The van der Waals surface area contributed by atoms with Gasteiger partial charge in [-0.2, -0.15) is 0 Å². The summed E-state index contributed by atoms with van der Waals surface area (Å²) < 4.78 is 11.6. The Hall–Kier alpha value is -2.63. The Kier molecular flexibility index (Phi) is 7.91. The van der Waals surface area contributed by atoms with Crippen molar-refractivity contribution in [3.05, 3.63) is 65.2 Å². The molecule has 2 aliphatic carbocycles. The zero-order chi connectivity index (χ0) is 25.8. The van der Waals surface area contributed by atoms with E-state index in [1.165, 1.54) is 22.3 Å². The van der Waals surface area contributed by atoms with Gasteiger partial charge in [-0.1, -0.05) is 42.5 Å². The van der Waals surface area contributed by atoms with Crippen LogP contribution >= 0.6 is 0 Å². The molecule has 5 nitrogen and oxygen atoms in total. The summed E-state index contributed by atoms with van der Waals surface area (Å²) in [5, 5.41) is 0. The summed E-state index contributed by atoms with van der Waals surface area (Å²) in [7, 11) is 0. The predicted molar refractivity (Wildman–Crippen MR) is 147 cm³/mol. The number of hydrogen-bond donors (Lipinski definition) is 2. The molecule has 0 heterocycles. The van der Waals surface area contributed by atoms with E-state index in [2.05, 4.69) is 54.6 Å². The van der Waals surface area contributed by atoms with Crippen molar-refractivity contribution in [1.82, 2.24) is 0 Å². The molecular formula is C31H42N2O3. The molecule has 194 valence electrons. The van der Waals surface area contributed by atoms with Crippen LogP contribution in [0.4, 0.5) is 0 Å². The van der Waals surface area contributed by atoms with E-state index in [-0.39, 0.29) is 5.97 Å². The van der Waals surface area contributed by atoms with E-state index in [1.807, 2.05) is 20.8 Å². The summed E-state index contributed by atoms with van der Waals surface area (Å²) >= 11 is 0. The van der Waals surface area contributed by atoms with Gasteiger partial charge in [0.15, 0.2) is 0 Å². The van der Waals surface area contributed by atoms with Crippen LogP contribution in [-0.4, -0.2) is 30.3 Å². The molecule has 36 heavy (non-hydrogen) atoms. The maximum Gasteiger partial charge on any atom is 0.313 e. The topological polar surface area (TPSA) is 87.6 Å². The average molecular weight is 491 g/mol. The lowest BCUT2D eigenvalue weighted by Crippen LogP contribution is -2.45. The molecule has 0 spiro atoms. The second kappa shape index (κ2) is 10.8. The minimum atomic E-state index is -0.616. The number of carbonyl (C=O) groups is 1. The van der Waals surface area contributed by atoms with Crippen LogP contribution in [0.2, 0.25) is 0 Å². The van der Waals surface area contributed by atoms with E-state index >= 15 is 0 Å². The number of fused-ring (bicyclic) bond motifs is 1. The first-order chi connectivity index (χ1) is 17.1. The van der Waals surface area contributed by atoms with E-state index < -0.39 is 16.5 Å². The van der Waals surface area contributed by atoms with Crippen molar-refractivity contribution in [3.63, 3.8) is 0 Å². The van der Waals surface area contributed by atoms with Crippen LogP contribution in [0.1, 0.15) is 82.4 Å². The molecule has 5 heteroatoms. The second-order valence-electron chi connectivity index (χ2n) is 11.6. The zero-order valence-corrected chi connectivity index (χ0v) is 22.1. The minimum absolute atomic E-state index is 0.194. The largest absolute Gasteiger partial charge is 0.494 e. The molecule has 2 aromatic rings. The normalized spacial score (nSPS) is 23.3. The Morgan fingerprint density at radius 2 is 1.78 bits per heavy atom. The molecule has 2 aliphatic rings. The lowest BCUT2D eigenvalue weighted by Gasteiger charge is -2.26. The molecule has 0 aromatic heterocycles. The molecule has 0 aliphatic heterocycles. The molecule has 1 saturated carbocycles. The number of rotatable bonds is 11. The van der Waals surface area contributed by atoms with Crippen LogP contribution in [-0.2, 0) is 16.0 Å². The van der Waals surface area contributed by atoms with Crippen molar-refractivity contribution >= 4 is 17.6 Å². The third-order valence-corrected chi connectivity index (χ3v) is 7.64. The van der Waals surface area contributed by atoms with Crippen molar-refractivity contribution in [3.8, 4) is 5.75 Å². The second-order valence-corrected chi connectivity index (χ2v) is 11.6. The Morgan fingerprint density at radius 1 is 1.03 bits per heavy atom. The summed E-state index contributed by atoms with van der Waals surface area (Å²) in [5.74, 6) is 0.737. The van der Waals surface area contributed by atoms with Crippen LogP contribution in [0.5, 0.6) is 5.75 Å². The molecule has 2 atom stereocenters. The summed E-state index contributed by atoms with van der Waals surface area (Å²) in [5.41, 5.74) is 16.3. The average Bonchev–Trinajstić information content (AvgIpc) is 3.45. The maximum absolute atomic E-state index is 12.6. The Bertz CT molecular complexity index is 1090. The zero-order valence-electron chi connectivity index (χ0n) is 22.1. The van der Waals surface area contributed by atoms with Crippen LogP contribution in [0, 0.1) is 5.41 Å². The smallest absolute Gasteiger partial charge is 0.313 e. The first-order valence-corrected chi connectivity index (χ1v) is 13.4. The van der Waals surface area contributed by atoms with Gasteiger partial charge in [-0.15, -0.1) is 0 Å². The fourth-order valence-corrected chi connectivity index (χ4v) is 5.47. The number of unbranched alkanes of at least 4 members (excludes halogenated alkanes) is 2. The van der Waals surface area contributed by atoms with Crippen molar-refractivity contribution in [2.45, 2.75) is 83.2 Å². The van der Waals surface area contributed by atoms with Gasteiger partial charge in [-0.25, -0.2) is 0 Å². The molecule has 0 saturated heterocycles. The molecule has 2 unspecified atom stereocenters. The van der Waals surface area contributed by atoms with Gasteiger partial charge >= 0.3 is 5.97 Å². The number of esters is 1. The number of nitrogens with two attached hydrogens (primary N) is 2. The Balaban J connectivity index is 1.17. The summed E-state index contributed by atoms with van der Waals surface area (Å²) in [6.45, 7) is 6.86. The molecule has 4 N–H and O–H groups in total. The summed E-state index contributed by atoms with van der Waals surface area (Å²) in [6, 6.07) is 17.1. The van der Waals surface area contributed by atoms with Gasteiger partial charge < -0.3 is 20.9 Å². The van der Waals surface area contributed by atoms with Crippen molar-refractivity contribution < 1.29 is 14.3 Å². The molecular weight excluding hydrogens is 448 g/mol. The van der Waals surface area contributed by atoms with E-state index in [0.717, 1.165) is 44.3 Å². The minimum Gasteiger partial charge on any atom is -0.494 e. The van der Waals surface area contributed by atoms with Gasteiger partial charge in [0, 0.05) is 11.1 Å². The first kappa shape index (κ1) is 26.4. The van der Waals surface area contributed by atoms with Crippen molar-refractivity contribution in [2.24, 2.45) is 16.9 Å². The maximum atomic E-state index is 12.6. The lowest BCUT2D eigenvalue weighted by molar-refractivity contribution is -0.150. The van der Waals surface area contributed by atoms with E-state index in [0.29, 0.717) is 26.1 Å². The third kappa shape index (κ3) is 6.37. The number of benzene rings is 2. The highest BCUT2D eigenvalue weighted by molar-refractivity contribution is 5.83. The van der Waals surface area contributed by atoms with Crippen molar-refractivity contribution in [2.75, 3.05) is 13.2 Å². The molecule has 1 fully saturated rings. The quantitative estimate of drug-likeness (QED) is 0.303. The highest BCUT2D eigenvalue weighted by atomic mass is 16.5. The monoisotopic (exact) mass is 490 g/mol. The first-order valence-electron chi connectivity index (χ1n) is 13.4. The van der Waals surface area contributed by atoms with Gasteiger partial charge in [-0.05, 0) is 107 Å². The number of allylic oxidation sites excluding steroid dienone is 1. The summed E-state index contributed by atoms with van der Waals surface area (Å²) in [4.78, 5) is 12.6. The fourth-order valence-electron chi connectivity index (χ4n) is 5.47. The van der Waals surface area contributed by atoms with Crippen molar-refractivity contribution in [1.29, 1.82) is 0 Å². The number of hydrogen-bond acceptors (Lipinski definition) is 5. The Morgan fingerprint density at radius 3 is 2.53 bits per heavy atom. The standard InChI is InChI=1S/C31H42N2O3/c1-29(2,32)21-31(33)22-30(31,3)28(34)36-18-9-5-8-17-35-27-16-15-26-19-24(13-10-14-25(26)20-27)23-11-6-4-7-12-23/h4,6-7,11-12,15-16,19-20H,5,8-10,13-14,17-18,21-22,32-33H2,1-3H3.